The van der Waals surface area contributed by atoms with Crippen LogP contribution in [0.25, 0.3) is 0 Å². The van der Waals surface area contributed by atoms with E-state index in [9.17, 15) is 43.2 Å². The number of rotatable bonds is 69. The van der Waals surface area contributed by atoms with Crippen molar-refractivity contribution in [3.8, 4) is 0 Å². The quantitative estimate of drug-likeness (QED) is 0.0222. The van der Waals surface area contributed by atoms with E-state index in [1.807, 2.05) is 0 Å². The van der Waals surface area contributed by atoms with Crippen molar-refractivity contribution < 1.29 is 80.2 Å². The molecule has 0 bridgehead atoms. The fourth-order valence-electron chi connectivity index (χ4n) is 10.8. The highest BCUT2D eigenvalue weighted by atomic mass is 31.2. The molecule has 540 valence electrons. The molecular weight excluding hydrogens is 1200 g/mol. The van der Waals surface area contributed by atoms with Gasteiger partial charge in [0.15, 0.2) is 12.2 Å². The number of hydrogen-bond donors (Lipinski definition) is 3. The van der Waals surface area contributed by atoms with Gasteiger partial charge in [0, 0.05) is 25.7 Å². The first-order valence-electron chi connectivity index (χ1n) is 37.2. The van der Waals surface area contributed by atoms with Crippen molar-refractivity contribution in [3.05, 3.63) is 0 Å². The van der Waals surface area contributed by atoms with Crippen LogP contribution in [-0.4, -0.2) is 96.7 Å². The summed E-state index contributed by atoms with van der Waals surface area (Å²) >= 11 is 0. The van der Waals surface area contributed by atoms with E-state index in [-0.39, 0.29) is 25.7 Å². The molecule has 3 N–H and O–H groups in total. The Morgan fingerprint density at radius 1 is 0.308 bits per heavy atom. The molecule has 17 nitrogen and oxygen atoms in total. The number of ether oxygens (including phenoxy) is 4. The topological polar surface area (TPSA) is 237 Å². The third-order valence-electron chi connectivity index (χ3n) is 16.9. The number of phosphoric ester groups is 2. The Morgan fingerprint density at radius 2 is 0.527 bits per heavy atom. The SMILES string of the molecule is CCC(C)CCCCCCCCCCCCCCCCCCCCC(=O)O[C@H](COC(=O)CCCCCCCCCCC(C)C)COP(=O)(O)OC[C@@H](O)COP(=O)(O)OC[C@@H](COC(=O)CCCCCCCCC(C)C)OC(=O)CCCCCCCCC(C)C. The summed E-state index contributed by atoms with van der Waals surface area (Å²) in [6, 6.07) is 0. The second kappa shape index (κ2) is 61.6. The number of carbonyl (C=O) groups is 4. The van der Waals surface area contributed by atoms with Crippen LogP contribution in [0.1, 0.15) is 357 Å². The third-order valence-corrected chi connectivity index (χ3v) is 18.8. The van der Waals surface area contributed by atoms with Gasteiger partial charge in [0.1, 0.15) is 19.3 Å². The maximum Gasteiger partial charge on any atom is 0.472 e. The molecule has 0 aromatic heterocycles. The highest BCUT2D eigenvalue weighted by molar-refractivity contribution is 7.47. The predicted octanol–water partition coefficient (Wildman–Crippen LogP) is 20.5. The number of carbonyl (C=O) groups excluding carboxylic acids is 4. The maximum absolute atomic E-state index is 13.0. The molecule has 0 radical (unpaired) electrons. The summed E-state index contributed by atoms with van der Waals surface area (Å²) in [5.74, 6) is 0.811. The van der Waals surface area contributed by atoms with Gasteiger partial charge in [0.05, 0.1) is 26.4 Å². The molecule has 6 atom stereocenters. The lowest BCUT2D eigenvalue weighted by Crippen LogP contribution is -2.30. The Bertz CT molecular complexity index is 1800. The Kier molecular flexibility index (Phi) is 60.3. The number of phosphoric acid groups is 2. The van der Waals surface area contributed by atoms with Crippen molar-refractivity contribution in [2.24, 2.45) is 23.7 Å². The van der Waals surface area contributed by atoms with Gasteiger partial charge in [-0.15, -0.1) is 0 Å². The average molecular weight is 1340 g/mol. The van der Waals surface area contributed by atoms with Crippen LogP contribution in [0.15, 0.2) is 0 Å². The number of hydrogen-bond acceptors (Lipinski definition) is 15. The lowest BCUT2D eigenvalue weighted by atomic mass is 9.99. The Hall–Kier alpha value is -1.94. The molecular formula is C72H140O17P2. The van der Waals surface area contributed by atoms with Gasteiger partial charge in [-0.25, -0.2) is 9.13 Å². The predicted molar refractivity (Wildman–Crippen MR) is 367 cm³/mol. The Morgan fingerprint density at radius 3 is 0.780 bits per heavy atom. The minimum Gasteiger partial charge on any atom is -0.462 e. The zero-order valence-corrected chi connectivity index (χ0v) is 61.3. The fourth-order valence-corrected chi connectivity index (χ4v) is 12.4. The van der Waals surface area contributed by atoms with Crippen LogP contribution in [0.3, 0.4) is 0 Å². The van der Waals surface area contributed by atoms with E-state index in [1.54, 1.807) is 0 Å². The monoisotopic (exact) mass is 1340 g/mol. The van der Waals surface area contributed by atoms with E-state index in [0.29, 0.717) is 37.5 Å². The van der Waals surface area contributed by atoms with Crippen molar-refractivity contribution in [2.75, 3.05) is 39.6 Å². The van der Waals surface area contributed by atoms with Crippen molar-refractivity contribution in [1.82, 2.24) is 0 Å². The van der Waals surface area contributed by atoms with Gasteiger partial charge in [-0.3, -0.25) is 37.3 Å². The molecule has 0 saturated carbocycles. The highest BCUT2D eigenvalue weighted by Crippen LogP contribution is 2.45. The van der Waals surface area contributed by atoms with Crippen molar-refractivity contribution in [2.45, 2.75) is 375 Å². The minimum absolute atomic E-state index is 0.101. The molecule has 0 aliphatic carbocycles. The van der Waals surface area contributed by atoms with E-state index < -0.39 is 97.5 Å². The van der Waals surface area contributed by atoms with Gasteiger partial charge in [0.25, 0.3) is 0 Å². The molecule has 0 aliphatic rings. The van der Waals surface area contributed by atoms with Gasteiger partial charge in [-0.1, -0.05) is 306 Å². The second-order valence-corrected chi connectivity index (χ2v) is 30.6. The van der Waals surface area contributed by atoms with Crippen molar-refractivity contribution >= 4 is 39.5 Å². The fraction of sp³-hybridized carbons (Fsp3) is 0.944. The largest absolute Gasteiger partial charge is 0.472 e. The number of unbranched alkanes of at least 4 members (excludes halogenated alkanes) is 34. The highest BCUT2D eigenvalue weighted by Gasteiger charge is 2.30. The maximum atomic E-state index is 13.0. The zero-order chi connectivity index (χ0) is 67.5. The number of aliphatic hydroxyl groups is 1. The van der Waals surface area contributed by atoms with Gasteiger partial charge >= 0.3 is 39.5 Å². The molecule has 0 aromatic carbocycles. The van der Waals surface area contributed by atoms with Crippen molar-refractivity contribution in [1.29, 1.82) is 0 Å². The van der Waals surface area contributed by atoms with Crippen LogP contribution in [-0.2, 0) is 65.4 Å². The lowest BCUT2D eigenvalue weighted by molar-refractivity contribution is -0.161. The molecule has 0 rings (SSSR count). The summed E-state index contributed by atoms with van der Waals surface area (Å²) < 4.78 is 68.2. The van der Waals surface area contributed by atoms with Gasteiger partial charge < -0.3 is 33.8 Å². The molecule has 0 spiro atoms. The van der Waals surface area contributed by atoms with Gasteiger partial charge in [-0.05, 0) is 49.4 Å². The normalized spacial score (nSPS) is 14.5. The van der Waals surface area contributed by atoms with Crippen LogP contribution in [0.4, 0.5) is 0 Å². The average Bonchev–Trinajstić information content (AvgIpc) is 3.51. The molecule has 0 saturated heterocycles. The minimum atomic E-state index is -4.95. The smallest absolute Gasteiger partial charge is 0.462 e. The summed E-state index contributed by atoms with van der Waals surface area (Å²) in [4.78, 5) is 72.4. The summed E-state index contributed by atoms with van der Waals surface area (Å²) in [7, 11) is -9.90. The molecule has 0 aliphatic heterocycles. The molecule has 0 amide bonds. The zero-order valence-electron chi connectivity index (χ0n) is 59.5. The van der Waals surface area contributed by atoms with E-state index >= 15 is 0 Å². The first kappa shape index (κ1) is 89.1. The molecule has 19 heteroatoms. The van der Waals surface area contributed by atoms with E-state index in [1.165, 1.54) is 154 Å². The summed E-state index contributed by atoms with van der Waals surface area (Å²) in [5.41, 5.74) is 0. The number of aliphatic hydroxyl groups excluding tert-OH is 1. The van der Waals surface area contributed by atoms with E-state index in [2.05, 4.69) is 55.4 Å². The summed E-state index contributed by atoms with van der Waals surface area (Å²) in [6.07, 6.45) is 45.0. The van der Waals surface area contributed by atoms with Crippen LogP contribution in [0.5, 0.6) is 0 Å². The summed E-state index contributed by atoms with van der Waals surface area (Å²) in [5, 5.41) is 10.6. The van der Waals surface area contributed by atoms with E-state index in [4.69, 9.17) is 37.0 Å². The van der Waals surface area contributed by atoms with Crippen LogP contribution < -0.4 is 0 Å². The van der Waals surface area contributed by atoms with Crippen LogP contribution >= 0.6 is 15.6 Å². The van der Waals surface area contributed by atoms with Crippen molar-refractivity contribution in [3.63, 3.8) is 0 Å². The standard InChI is InChI=1S/C72H140O17P2/c1-9-65(8)51-43-35-25-20-18-16-14-12-10-11-13-15-17-19-21-27-38-46-54-71(76)88-67(58-82-69(74)52-44-36-26-23-22-24-32-40-48-62(2)3)60-86-90(78,79)84-56-66(73)57-85-91(80,81)87-61-68(89-72(77)55-47-39-31-29-34-42-50-64(6)7)59-83-70(75)53-45-37-30-28-33-41-49-63(4)5/h62-68,73H,9-61H2,1-8H3,(H,78,79)(H,80,81)/t65?,66-,67-,68-/m1/s1. The molecule has 0 fully saturated rings. The molecule has 3 unspecified atom stereocenters. The Labute approximate surface area is 556 Å². The third kappa shape index (κ3) is 65.1. The lowest BCUT2D eigenvalue weighted by Gasteiger charge is -2.21. The molecule has 0 aromatic rings. The molecule has 91 heavy (non-hydrogen) atoms. The second-order valence-electron chi connectivity index (χ2n) is 27.6. The molecule has 0 heterocycles. The van der Waals surface area contributed by atoms with Gasteiger partial charge in [-0.2, -0.15) is 0 Å². The van der Waals surface area contributed by atoms with Gasteiger partial charge in [0.2, 0.25) is 0 Å². The van der Waals surface area contributed by atoms with Crippen LogP contribution in [0, 0.1) is 23.7 Å². The van der Waals surface area contributed by atoms with E-state index in [0.717, 1.165) is 108 Å². The first-order valence-corrected chi connectivity index (χ1v) is 40.2. The Balaban J connectivity index is 5.14. The number of esters is 4. The van der Waals surface area contributed by atoms with Crippen LogP contribution in [0.2, 0.25) is 0 Å². The summed E-state index contributed by atoms with van der Waals surface area (Å²) in [6.45, 7) is 14.0. The first-order chi connectivity index (χ1) is 43.6.